The molecule has 5 aromatic carbocycles. The molecule has 0 saturated carbocycles. The van der Waals surface area contributed by atoms with Gasteiger partial charge in [-0.2, -0.15) is 10.5 Å². The molecule has 2 aliphatic heterocycles. The van der Waals surface area contributed by atoms with E-state index in [1.165, 1.54) is 22.7 Å². The first-order valence-electron chi connectivity index (χ1n) is 19.4. The van der Waals surface area contributed by atoms with E-state index in [-0.39, 0.29) is 5.92 Å². The third-order valence-electron chi connectivity index (χ3n) is 10.9. The number of aryl methyl sites for hydroxylation is 1. The molecule has 0 spiro atoms. The highest BCUT2D eigenvalue weighted by Crippen LogP contribution is 2.41. The quantitative estimate of drug-likeness (QED) is 0.153. The Labute approximate surface area is 352 Å². The molecule has 60 heavy (non-hydrogen) atoms. The van der Waals surface area contributed by atoms with Gasteiger partial charge in [0.15, 0.2) is 0 Å². The molecule has 0 aliphatic carbocycles. The van der Waals surface area contributed by atoms with Crippen LogP contribution in [-0.2, 0) is 0 Å². The Bertz CT molecular complexity index is 3250. The highest BCUT2D eigenvalue weighted by atomic mass is 32.1. The summed E-state index contributed by atoms with van der Waals surface area (Å²) in [4.78, 5) is 10.1. The monoisotopic (exact) mass is 816 g/mol. The fraction of sp³-hybridized carbons (Fsp3) is 0.0870. The van der Waals surface area contributed by atoms with Crippen LogP contribution in [0.2, 0.25) is 0 Å². The molecule has 286 valence electrons. The SMILES string of the molecule is Cc1ccccc1-c1c2/c(=C(\C#N)c3nc4ccccc4s3)n(B3Oc4ccccc4O3)c(C(C)C)c2/c(=C(\C#N)c2nc3ccccc3s2)n1B1Oc2ccccc2O1. The van der Waals surface area contributed by atoms with Crippen molar-refractivity contribution in [1.29, 1.82) is 10.5 Å². The second kappa shape index (κ2) is 13.9. The molecule has 0 fully saturated rings. The van der Waals surface area contributed by atoms with Crippen LogP contribution in [0.1, 0.15) is 41.0 Å². The first-order chi connectivity index (χ1) is 29.4. The van der Waals surface area contributed by atoms with Gasteiger partial charge in [-0.25, -0.2) is 9.97 Å². The van der Waals surface area contributed by atoms with Crippen molar-refractivity contribution in [3.63, 3.8) is 0 Å². The van der Waals surface area contributed by atoms with Gasteiger partial charge in [0.1, 0.15) is 56.3 Å². The molecule has 0 radical (unpaired) electrons. The van der Waals surface area contributed by atoms with E-state index in [9.17, 15) is 10.5 Å². The lowest BCUT2D eigenvalue weighted by molar-refractivity contribution is 0.473. The normalized spacial score (nSPS) is 14.0. The number of hydrogen-bond donors (Lipinski definition) is 0. The smallest absolute Gasteiger partial charge is 0.503 e. The van der Waals surface area contributed by atoms with Crippen LogP contribution >= 0.6 is 22.7 Å². The second-order valence-corrected chi connectivity index (χ2v) is 16.9. The van der Waals surface area contributed by atoms with Crippen molar-refractivity contribution >= 4 is 79.5 Å². The van der Waals surface area contributed by atoms with Crippen molar-refractivity contribution in [2.45, 2.75) is 26.7 Å². The Hall–Kier alpha value is -7.25. The van der Waals surface area contributed by atoms with Crippen LogP contribution in [0.5, 0.6) is 23.0 Å². The highest BCUT2D eigenvalue weighted by Gasteiger charge is 2.45. The van der Waals surface area contributed by atoms with Gasteiger partial charge in [0.25, 0.3) is 0 Å². The number of hydrogen-bond acceptors (Lipinski definition) is 10. The molecule has 0 N–H and O–H groups in total. The Kier molecular flexibility index (Phi) is 8.34. The largest absolute Gasteiger partial charge is 0.743 e. The van der Waals surface area contributed by atoms with Crippen LogP contribution in [0.25, 0.3) is 53.6 Å². The topological polar surface area (TPSA) is 120 Å². The van der Waals surface area contributed by atoms with Crippen molar-refractivity contribution in [2.75, 3.05) is 0 Å². The minimum atomic E-state index is -1.05. The van der Waals surface area contributed by atoms with Crippen molar-refractivity contribution in [3.8, 4) is 46.4 Å². The minimum absolute atomic E-state index is 0.204. The molecule has 0 atom stereocenters. The standard InChI is InChI=1S/C46H30B2N6O4S2/c1-26(2)41-39-40(44(53(41)47-55-33-18-8-9-19-34(33)56-47)30(25-50)46-52-32-17-7-13-23-38(32)60-46)42(28-15-5-4-14-27(28)3)54(48-57-35-20-10-11-21-36(35)58-48)43(39)29(24-49)45-51-31-16-6-12-22-37(31)59-45/h4-23,26H,1-3H3/b43-29-,44-30-. The predicted molar refractivity (Wildman–Crippen MR) is 237 cm³/mol. The number of para-hydroxylation sites is 6. The van der Waals surface area contributed by atoms with E-state index in [4.69, 9.17) is 28.6 Å². The molecular weight excluding hydrogens is 786 g/mol. The van der Waals surface area contributed by atoms with Crippen molar-refractivity contribution in [1.82, 2.24) is 18.9 Å². The van der Waals surface area contributed by atoms with Gasteiger partial charge in [0, 0.05) is 22.0 Å². The maximum atomic E-state index is 11.5. The second-order valence-electron chi connectivity index (χ2n) is 14.8. The zero-order valence-corrected chi connectivity index (χ0v) is 34.0. The van der Waals surface area contributed by atoms with Gasteiger partial charge < -0.3 is 27.6 Å². The summed E-state index contributed by atoms with van der Waals surface area (Å²) in [5.41, 5.74) is 5.48. The molecule has 4 aromatic heterocycles. The number of benzene rings is 5. The Morgan fingerprint density at radius 3 is 1.48 bits per heavy atom. The van der Waals surface area contributed by atoms with Gasteiger partial charge in [-0.05, 0) is 66.9 Å². The maximum absolute atomic E-state index is 11.5. The molecule has 2 aliphatic rings. The van der Waals surface area contributed by atoms with Crippen LogP contribution < -0.4 is 29.3 Å². The van der Waals surface area contributed by atoms with E-state index in [0.717, 1.165) is 37.3 Å². The van der Waals surface area contributed by atoms with E-state index in [0.29, 0.717) is 71.3 Å². The molecular formula is C46H30B2N6O4S2. The van der Waals surface area contributed by atoms with Gasteiger partial charge in [-0.3, -0.25) is 0 Å². The molecule has 14 heteroatoms. The maximum Gasteiger partial charge on any atom is 0.743 e. The van der Waals surface area contributed by atoms with Crippen LogP contribution in [0.15, 0.2) is 121 Å². The number of fused-ring (bicyclic) bond motifs is 5. The van der Waals surface area contributed by atoms with Crippen LogP contribution in [0.3, 0.4) is 0 Å². The first-order valence-corrected chi connectivity index (χ1v) is 21.0. The van der Waals surface area contributed by atoms with Crippen molar-refractivity contribution in [3.05, 3.63) is 153 Å². The zero-order valence-electron chi connectivity index (χ0n) is 32.4. The van der Waals surface area contributed by atoms with Gasteiger partial charge >= 0.3 is 14.5 Å². The van der Waals surface area contributed by atoms with E-state index in [1.54, 1.807) is 0 Å². The summed E-state index contributed by atoms with van der Waals surface area (Å²) >= 11 is 2.89. The number of nitrogens with zero attached hydrogens (tertiary/aromatic N) is 6. The third kappa shape index (κ3) is 5.45. The van der Waals surface area contributed by atoms with E-state index >= 15 is 0 Å². The summed E-state index contributed by atoms with van der Waals surface area (Å²) in [6, 6.07) is 44.1. The zero-order chi connectivity index (χ0) is 40.6. The summed E-state index contributed by atoms with van der Waals surface area (Å²) in [6.07, 6.45) is 0. The summed E-state index contributed by atoms with van der Waals surface area (Å²) < 4.78 is 32.6. The van der Waals surface area contributed by atoms with E-state index < -0.39 is 14.5 Å². The molecule has 11 rings (SSSR count). The van der Waals surface area contributed by atoms with Crippen LogP contribution in [0.4, 0.5) is 0 Å². The Balaban J connectivity index is 1.40. The van der Waals surface area contributed by atoms with Gasteiger partial charge in [-0.1, -0.05) is 86.6 Å². The summed E-state index contributed by atoms with van der Waals surface area (Å²) in [7, 11) is -2.06. The lowest BCUT2D eigenvalue weighted by atomic mass is 9.99. The molecule has 0 unspecified atom stereocenters. The van der Waals surface area contributed by atoms with E-state index in [2.05, 4.69) is 32.1 Å². The average Bonchev–Trinajstić information content (AvgIpc) is 4.12. The molecule has 10 nitrogen and oxygen atoms in total. The molecule has 9 aromatic rings. The molecule has 0 amide bonds. The highest BCUT2D eigenvalue weighted by molar-refractivity contribution is 7.20. The number of nitriles is 2. The molecule has 6 heterocycles. The average molecular weight is 817 g/mol. The van der Waals surface area contributed by atoms with Crippen molar-refractivity contribution in [2.24, 2.45) is 0 Å². The predicted octanol–water partition coefficient (Wildman–Crippen LogP) is 8.81. The minimum Gasteiger partial charge on any atom is -0.503 e. The third-order valence-corrected chi connectivity index (χ3v) is 13.0. The first kappa shape index (κ1) is 35.9. The van der Waals surface area contributed by atoms with Crippen LogP contribution in [-0.4, -0.2) is 33.4 Å². The molecule has 0 saturated heterocycles. The van der Waals surface area contributed by atoms with Gasteiger partial charge in [-0.15, -0.1) is 22.7 Å². The summed E-state index contributed by atoms with van der Waals surface area (Å²) in [5, 5.41) is 26.5. The van der Waals surface area contributed by atoms with Crippen molar-refractivity contribution < 1.29 is 18.6 Å². The van der Waals surface area contributed by atoms with Gasteiger partial charge in [0.2, 0.25) is 0 Å². The Morgan fingerprint density at radius 1 is 0.583 bits per heavy atom. The van der Waals surface area contributed by atoms with E-state index in [1.807, 2.05) is 131 Å². The van der Waals surface area contributed by atoms with Gasteiger partial charge in [0.05, 0.1) is 36.8 Å². The van der Waals surface area contributed by atoms with Crippen LogP contribution in [0, 0.1) is 29.6 Å². The molecule has 0 bridgehead atoms. The number of rotatable bonds is 6. The number of aromatic nitrogens is 4. The summed E-state index contributed by atoms with van der Waals surface area (Å²) in [6.45, 7) is 6.24. The number of thiazole rings is 2. The lowest BCUT2D eigenvalue weighted by Crippen LogP contribution is -2.45. The fourth-order valence-corrected chi connectivity index (χ4v) is 10.3. The summed E-state index contributed by atoms with van der Waals surface area (Å²) in [5.74, 6) is 2.09. The Morgan fingerprint density at radius 2 is 1.02 bits per heavy atom. The fourth-order valence-electron chi connectivity index (χ4n) is 8.37. The lowest BCUT2D eigenvalue weighted by Gasteiger charge is -2.18.